The minimum Gasteiger partial charge on any atom is -0.481 e. The molecule has 11 heteroatoms. The zero-order valence-corrected chi connectivity index (χ0v) is 18.2. The second-order valence-corrected chi connectivity index (χ2v) is 7.72. The van der Waals surface area contributed by atoms with Crippen LogP contribution in [0.25, 0.3) is 0 Å². The number of alkyl carbamates (subject to hydrolysis) is 1. The molecule has 11 nitrogen and oxygen atoms in total. The topological polar surface area (TPSA) is 160 Å². The third-order valence-electron chi connectivity index (χ3n) is 3.78. The van der Waals surface area contributed by atoms with Gasteiger partial charge in [0.25, 0.3) is 0 Å². The van der Waals surface area contributed by atoms with Crippen molar-refractivity contribution in [3.8, 4) is 0 Å². The molecule has 0 saturated heterocycles. The molecule has 0 spiro atoms. The molecule has 0 aromatic rings. The molecule has 0 heterocycles. The fraction of sp³-hybridized carbons (Fsp3) is 0.737. The summed E-state index contributed by atoms with van der Waals surface area (Å²) in [6.45, 7) is 6.14. The number of methoxy groups -OCH3 is 1. The summed E-state index contributed by atoms with van der Waals surface area (Å²) in [6.07, 6.45) is 0.971. The van der Waals surface area contributed by atoms with E-state index in [-0.39, 0.29) is 19.4 Å². The lowest BCUT2D eigenvalue weighted by atomic mass is 10.1. The summed E-state index contributed by atoms with van der Waals surface area (Å²) in [5.41, 5.74) is -0.756. The largest absolute Gasteiger partial charge is 0.481 e. The predicted octanol–water partition coefficient (Wildman–Crippen LogP) is 0.709. The van der Waals surface area contributed by atoms with Gasteiger partial charge in [-0.05, 0) is 40.5 Å². The molecule has 3 amide bonds. The molecule has 0 aliphatic rings. The van der Waals surface area contributed by atoms with Crippen molar-refractivity contribution in [2.45, 2.75) is 77.5 Å². The van der Waals surface area contributed by atoms with Crippen molar-refractivity contribution in [2.75, 3.05) is 13.7 Å². The van der Waals surface area contributed by atoms with Gasteiger partial charge in [-0.25, -0.2) is 4.79 Å². The Kier molecular flexibility index (Phi) is 12.1. The third-order valence-corrected chi connectivity index (χ3v) is 3.78. The van der Waals surface area contributed by atoms with Gasteiger partial charge in [0.15, 0.2) is 0 Å². The van der Waals surface area contributed by atoms with E-state index in [2.05, 4.69) is 20.7 Å². The Morgan fingerprint density at radius 1 is 0.967 bits per heavy atom. The summed E-state index contributed by atoms with van der Waals surface area (Å²) >= 11 is 0. The number of unbranched alkanes of at least 4 members (excludes halogenated alkanes) is 2. The molecule has 0 unspecified atom stereocenters. The standard InChI is InChI=1S/C19H33N3O8/c1-12(16(26)20-11-15(25)29-5)21-17(27)13(9-7-6-8-10-14(23)24)22-18(28)30-19(2,3)4/h12-13H,6-11H2,1-5H3,(H,20,26)(H,21,27)(H,22,28)(H,23,24)/t12-,13-/m0/s1. The predicted molar refractivity (Wildman–Crippen MR) is 107 cm³/mol. The molecule has 172 valence electrons. The summed E-state index contributed by atoms with van der Waals surface area (Å²) < 4.78 is 9.59. The highest BCUT2D eigenvalue weighted by Crippen LogP contribution is 2.10. The van der Waals surface area contributed by atoms with E-state index >= 15 is 0 Å². The van der Waals surface area contributed by atoms with E-state index in [9.17, 15) is 24.0 Å². The van der Waals surface area contributed by atoms with Crippen LogP contribution in [0.1, 0.15) is 59.8 Å². The summed E-state index contributed by atoms with van der Waals surface area (Å²) in [7, 11) is 1.18. The van der Waals surface area contributed by atoms with Crippen molar-refractivity contribution in [3.63, 3.8) is 0 Å². The maximum atomic E-state index is 12.6. The highest BCUT2D eigenvalue weighted by molar-refractivity contribution is 5.92. The molecular formula is C19H33N3O8. The monoisotopic (exact) mass is 431 g/mol. The van der Waals surface area contributed by atoms with Crippen molar-refractivity contribution in [3.05, 3.63) is 0 Å². The Hall–Kier alpha value is -2.85. The lowest BCUT2D eigenvalue weighted by molar-refractivity contribution is -0.141. The lowest BCUT2D eigenvalue weighted by Crippen LogP contribution is -2.53. The molecule has 0 aliphatic carbocycles. The number of carbonyl (C=O) groups excluding carboxylic acids is 4. The Bertz CT molecular complexity index is 615. The summed E-state index contributed by atoms with van der Waals surface area (Å²) in [6, 6.07) is -1.93. The SMILES string of the molecule is COC(=O)CNC(=O)[C@H](C)NC(=O)[C@H](CCCCCC(=O)O)NC(=O)OC(C)(C)C. The molecule has 30 heavy (non-hydrogen) atoms. The maximum Gasteiger partial charge on any atom is 0.408 e. The van der Waals surface area contributed by atoms with Crippen molar-refractivity contribution < 1.29 is 38.6 Å². The number of aliphatic carboxylic acids is 1. The zero-order valence-electron chi connectivity index (χ0n) is 18.2. The van der Waals surface area contributed by atoms with Crippen LogP contribution in [0.5, 0.6) is 0 Å². The van der Waals surface area contributed by atoms with Crippen LogP contribution in [0, 0.1) is 0 Å². The van der Waals surface area contributed by atoms with E-state index in [0.717, 1.165) is 0 Å². The fourth-order valence-corrected chi connectivity index (χ4v) is 2.28. The number of hydrogen-bond acceptors (Lipinski definition) is 7. The summed E-state index contributed by atoms with van der Waals surface area (Å²) in [5.74, 6) is -2.72. The van der Waals surface area contributed by atoms with Gasteiger partial charge >= 0.3 is 18.0 Å². The Morgan fingerprint density at radius 3 is 2.13 bits per heavy atom. The molecule has 0 aromatic heterocycles. The first-order chi connectivity index (χ1) is 13.9. The summed E-state index contributed by atoms with van der Waals surface area (Å²) in [4.78, 5) is 58.3. The molecule has 0 rings (SSSR count). The van der Waals surface area contributed by atoms with E-state index in [1.807, 2.05) is 0 Å². The number of rotatable bonds is 12. The lowest BCUT2D eigenvalue weighted by Gasteiger charge is -2.24. The van der Waals surface area contributed by atoms with Crippen LogP contribution >= 0.6 is 0 Å². The minimum absolute atomic E-state index is 0.0216. The van der Waals surface area contributed by atoms with Gasteiger partial charge in [-0.15, -0.1) is 0 Å². The van der Waals surface area contributed by atoms with Crippen LogP contribution in [-0.2, 0) is 28.7 Å². The van der Waals surface area contributed by atoms with Crippen LogP contribution in [-0.4, -0.2) is 66.3 Å². The molecule has 0 fully saturated rings. The van der Waals surface area contributed by atoms with Crippen LogP contribution in [0.4, 0.5) is 4.79 Å². The number of ether oxygens (including phenoxy) is 2. The van der Waals surface area contributed by atoms with Crippen molar-refractivity contribution in [1.82, 2.24) is 16.0 Å². The second kappa shape index (κ2) is 13.4. The normalized spacial score (nSPS) is 12.8. The molecule has 0 saturated carbocycles. The second-order valence-electron chi connectivity index (χ2n) is 7.72. The number of carboxylic acids is 1. The van der Waals surface area contributed by atoms with Gasteiger partial charge in [0.1, 0.15) is 24.2 Å². The smallest absolute Gasteiger partial charge is 0.408 e. The first-order valence-electron chi connectivity index (χ1n) is 9.72. The molecule has 0 aromatic carbocycles. The van der Waals surface area contributed by atoms with Crippen LogP contribution < -0.4 is 16.0 Å². The number of esters is 1. The number of hydrogen-bond donors (Lipinski definition) is 4. The van der Waals surface area contributed by atoms with Gasteiger partial charge in [-0.2, -0.15) is 0 Å². The van der Waals surface area contributed by atoms with E-state index in [1.54, 1.807) is 20.8 Å². The molecule has 0 radical (unpaired) electrons. The van der Waals surface area contributed by atoms with E-state index in [1.165, 1.54) is 14.0 Å². The summed E-state index contributed by atoms with van der Waals surface area (Å²) in [5, 5.41) is 16.0. The van der Waals surface area contributed by atoms with E-state index < -0.39 is 47.5 Å². The number of nitrogens with one attached hydrogen (secondary N) is 3. The molecular weight excluding hydrogens is 398 g/mol. The number of carboxylic acid groups (broad SMARTS) is 1. The molecule has 0 aliphatic heterocycles. The average Bonchev–Trinajstić information content (AvgIpc) is 2.62. The van der Waals surface area contributed by atoms with Crippen LogP contribution in [0.15, 0.2) is 0 Å². The fourth-order valence-electron chi connectivity index (χ4n) is 2.28. The number of amides is 3. The minimum atomic E-state index is -0.972. The molecule has 4 N–H and O–H groups in total. The molecule has 0 bridgehead atoms. The quantitative estimate of drug-likeness (QED) is 0.259. The first-order valence-corrected chi connectivity index (χ1v) is 9.72. The molecule has 2 atom stereocenters. The average molecular weight is 431 g/mol. The van der Waals surface area contributed by atoms with Gasteiger partial charge in [0, 0.05) is 6.42 Å². The van der Waals surface area contributed by atoms with E-state index in [4.69, 9.17) is 9.84 Å². The highest BCUT2D eigenvalue weighted by atomic mass is 16.6. The zero-order chi connectivity index (χ0) is 23.3. The van der Waals surface area contributed by atoms with Crippen LogP contribution in [0.2, 0.25) is 0 Å². The first kappa shape index (κ1) is 27.1. The maximum absolute atomic E-state index is 12.6. The van der Waals surface area contributed by atoms with Gasteiger partial charge < -0.3 is 30.5 Å². The van der Waals surface area contributed by atoms with Gasteiger partial charge in [-0.1, -0.05) is 12.8 Å². The van der Waals surface area contributed by atoms with Gasteiger partial charge in [0.2, 0.25) is 11.8 Å². The Labute approximate surface area is 176 Å². The van der Waals surface area contributed by atoms with Crippen molar-refractivity contribution in [1.29, 1.82) is 0 Å². The Balaban J connectivity index is 4.85. The number of carbonyl (C=O) groups is 5. The van der Waals surface area contributed by atoms with Crippen molar-refractivity contribution in [2.24, 2.45) is 0 Å². The van der Waals surface area contributed by atoms with Crippen LogP contribution in [0.3, 0.4) is 0 Å². The van der Waals surface area contributed by atoms with Gasteiger partial charge in [0.05, 0.1) is 7.11 Å². The van der Waals surface area contributed by atoms with E-state index in [0.29, 0.717) is 19.3 Å². The third kappa shape index (κ3) is 13.3. The Morgan fingerprint density at radius 2 is 1.60 bits per heavy atom. The van der Waals surface area contributed by atoms with Crippen molar-refractivity contribution >= 4 is 29.8 Å². The van der Waals surface area contributed by atoms with Gasteiger partial charge in [-0.3, -0.25) is 19.2 Å². The highest BCUT2D eigenvalue weighted by Gasteiger charge is 2.26.